The molecule has 7 heteroatoms. The molecule has 1 aromatic heterocycles. The molecule has 0 aliphatic carbocycles. The normalized spacial score (nSPS) is 22.2. The van der Waals surface area contributed by atoms with Gasteiger partial charge in [-0.1, -0.05) is 19.1 Å². The van der Waals surface area contributed by atoms with Gasteiger partial charge in [0.25, 0.3) is 0 Å². The second-order valence-corrected chi connectivity index (χ2v) is 6.84. The molecule has 0 unspecified atom stereocenters. The van der Waals surface area contributed by atoms with Gasteiger partial charge in [0.2, 0.25) is 11.9 Å². The van der Waals surface area contributed by atoms with Crippen LogP contribution in [0.15, 0.2) is 36.7 Å². The van der Waals surface area contributed by atoms with Gasteiger partial charge in [-0.3, -0.25) is 4.79 Å². The van der Waals surface area contributed by atoms with E-state index in [-0.39, 0.29) is 29.9 Å². The lowest BCUT2D eigenvalue weighted by atomic mass is 9.92. The minimum atomic E-state index is -0.233. The van der Waals surface area contributed by atoms with Crippen LogP contribution >= 0.6 is 0 Å². The van der Waals surface area contributed by atoms with Gasteiger partial charge in [0.1, 0.15) is 5.75 Å². The van der Waals surface area contributed by atoms with Gasteiger partial charge in [-0.25, -0.2) is 9.97 Å². The summed E-state index contributed by atoms with van der Waals surface area (Å²) in [4.78, 5) is 20.3. The number of aromatic hydroxyl groups is 1. The van der Waals surface area contributed by atoms with Gasteiger partial charge in [0, 0.05) is 37.5 Å². The second kappa shape index (κ2) is 8.81. The minimum Gasteiger partial charge on any atom is -0.508 e. The molecular weight excluding hydrogens is 344 g/mol. The zero-order chi connectivity index (χ0) is 19.2. The molecule has 3 atom stereocenters. The molecule has 3 N–H and O–H groups in total. The lowest BCUT2D eigenvalue weighted by molar-refractivity contribution is -0.122. The van der Waals surface area contributed by atoms with Gasteiger partial charge < -0.3 is 20.5 Å². The van der Waals surface area contributed by atoms with Gasteiger partial charge in [0.15, 0.2) is 0 Å². The SMILES string of the molecule is CCCNc1ncc([C@@H]2C[C@H](NC(C)=O)C[C@H](c3cccc(O)c3)O2)cn1. The van der Waals surface area contributed by atoms with E-state index < -0.39 is 0 Å². The molecule has 7 nitrogen and oxygen atoms in total. The highest BCUT2D eigenvalue weighted by Crippen LogP contribution is 2.39. The van der Waals surface area contributed by atoms with E-state index in [1.165, 1.54) is 6.92 Å². The number of hydrogen-bond donors (Lipinski definition) is 3. The number of aromatic nitrogens is 2. The van der Waals surface area contributed by atoms with Gasteiger partial charge in [-0.05, 0) is 37.0 Å². The number of carbonyl (C=O) groups is 1. The van der Waals surface area contributed by atoms with Crippen LogP contribution in [0.1, 0.15) is 56.4 Å². The summed E-state index contributed by atoms with van der Waals surface area (Å²) in [5, 5.41) is 15.9. The van der Waals surface area contributed by atoms with Crippen LogP contribution in [0.5, 0.6) is 5.75 Å². The highest BCUT2D eigenvalue weighted by Gasteiger charge is 2.32. The fraction of sp³-hybridized carbons (Fsp3) is 0.450. The smallest absolute Gasteiger partial charge is 0.222 e. The van der Waals surface area contributed by atoms with Crippen LogP contribution in [-0.2, 0) is 9.53 Å². The summed E-state index contributed by atoms with van der Waals surface area (Å²) in [6, 6.07) is 7.03. The van der Waals surface area contributed by atoms with Crippen molar-refractivity contribution in [2.75, 3.05) is 11.9 Å². The van der Waals surface area contributed by atoms with Crippen LogP contribution < -0.4 is 10.6 Å². The molecule has 1 aliphatic heterocycles. The Balaban J connectivity index is 1.79. The van der Waals surface area contributed by atoms with Crippen molar-refractivity contribution in [2.24, 2.45) is 0 Å². The maximum atomic E-state index is 11.6. The minimum absolute atomic E-state index is 0.0218. The Labute approximate surface area is 159 Å². The Kier molecular flexibility index (Phi) is 6.24. The predicted molar refractivity (Wildman–Crippen MR) is 102 cm³/mol. The highest BCUT2D eigenvalue weighted by atomic mass is 16.5. The van der Waals surface area contributed by atoms with Gasteiger partial charge in [-0.2, -0.15) is 0 Å². The van der Waals surface area contributed by atoms with E-state index in [1.807, 2.05) is 6.07 Å². The number of phenols is 1. The Morgan fingerprint density at radius 2 is 1.93 bits per heavy atom. The summed E-state index contributed by atoms with van der Waals surface area (Å²) < 4.78 is 6.28. The summed E-state index contributed by atoms with van der Waals surface area (Å²) in [6.07, 6.45) is 5.38. The van der Waals surface area contributed by atoms with Crippen molar-refractivity contribution in [3.05, 3.63) is 47.8 Å². The average molecular weight is 370 g/mol. The predicted octanol–water partition coefficient (Wildman–Crippen LogP) is 3.10. The number of amides is 1. The molecule has 1 aromatic carbocycles. The van der Waals surface area contributed by atoms with E-state index in [2.05, 4.69) is 27.5 Å². The Morgan fingerprint density at radius 1 is 1.22 bits per heavy atom. The number of hydrogen-bond acceptors (Lipinski definition) is 6. The Hall–Kier alpha value is -2.67. The second-order valence-electron chi connectivity index (χ2n) is 6.84. The van der Waals surface area contributed by atoms with E-state index in [9.17, 15) is 9.90 Å². The molecule has 27 heavy (non-hydrogen) atoms. The van der Waals surface area contributed by atoms with Crippen molar-refractivity contribution in [1.82, 2.24) is 15.3 Å². The van der Waals surface area contributed by atoms with Gasteiger partial charge in [0.05, 0.1) is 12.2 Å². The molecule has 0 radical (unpaired) electrons. The number of benzene rings is 1. The lowest BCUT2D eigenvalue weighted by Gasteiger charge is -2.36. The number of phenolic OH excluding ortho intramolecular Hbond substituents is 1. The number of carbonyl (C=O) groups excluding carboxylic acids is 1. The number of nitrogens with one attached hydrogen (secondary N) is 2. The van der Waals surface area contributed by atoms with Crippen molar-refractivity contribution < 1.29 is 14.6 Å². The third kappa shape index (κ3) is 5.17. The topological polar surface area (TPSA) is 96.4 Å². The Morgan fingerprint density at radius 3 is 2.56 bits per heavy atom. The molecule has 0 spiro atoms. The molecule has 0 saturated carbocycles. The third-order valence-corrected chi connectivity index (χ3v) is 4.55. The third-order valence-electron chi connectivity index (χ3n) is 4.55. The molecule has 2 heterocycles. The molecular formula is C20H26N4O3. The van der Waals surface area contributed by atoms with E-state index in [4.69, 9.17) is 4.74 Å². The first-order valence-electron chi connectivity index (χ1n) is 9.32. The summed E-state index contributed by atoms with van der Waals surface area (Å²) >= 11 is 0. The van der Waals surface area contributed by atoms with Crippen LogP contribution in [0.2, 0.25) is 0 Å². The molecule has 1 amide bonds. The highest BCUT2D eigenvalue weighted by molar-refractivity contribution is 5.73. The number of ether oxygens (including phenoxy) is 1. The van der Waals surface area contributed by atoms with E-state index in [1.54, 1.807) is 30.6 Å². The molecule has 1 fully saturated rings. The number of rotatable bonds is 6. The Bertz CT molecular complexity index is 766. The lowest BCUT2D eigenvalue weighted by Crippen LogP contribution is -2.39. The first-order valence-corrected chi connectivity index (χ1v) is 9.32. The summed E-state index contributed by atoms with van der Waals surface area (Å²) in [5.41, 5.74) is 1.76. The van der Waals surface area contributed by atoms with E-state index >= 15 is 0 Å². The van der Waals surface area contributed by atoms with Crippen molar-refractivity contribution in [1.29, 1.82) is 0 Å². The average Bonchev–Trinajstić information content (AvgIpc) is 2.66. The summed E-state index contributed by atoms with van der Waals surface area (Å²) in [7, 11) is 0. The fourth-order valence-electron chi connectivity index (χ4n) is 3.31. The van der Waals surface area contributed by atoms with E-state index in [0.29, 0.717) is 18.8 Å². The van der Waals surface area contributed by atoms with Crippen LogP contribution in [0.25, 0.3) is 0 Å². The van der Waals surface area contributed by atoms with Crippen molar-refractivity contribution in [3.8, 4) is 5.75 Å². The first kappa shape index (κ1) is 19.1. The zero-order valence-electron chi connectivity index (χ0n) is 15.7. The van der Waals surface area contributed by atoms with Crippen LogP contribution in [-0.4, -0.2) is 33.6 Å². The monoisotopic (exact) mass is 370 g/mol. The standard InChI is InChI=1S/C20H26N4O3/c1-3-7-21-20-22-11-15(12-23-20)19-10-16(24-13(2)25)9-18(27-19)14-5-4-6-17(26)8-14/h4-6,8,11-12,16,18-19,26H,3,7,9-10H2,1-2H3,(H,24,25)(H,21,22,23)/t16-,18-,19+/m1/s1. The van der Waals surface area contributed by atoms with Crippen LogP contribution in [0.4, 0.5) is 5.95 Å². The van der Waals surface area contributed by atoms with Gasteiger partial charge in [-0.15, -0.1) is 0 Å². The number of anilines is 1. The largest absolute Gasteiger partial charge is 0.508 e. The van der Waals surface area contributed by atoms with Crippen molar-refractivity contribution in [2.45, 2.75) is 51.4 Å². The molecule has 1 aliphatic rings. The van der Waals surface area contributed by atoms with Crippen LogP contribution in [0.3, 0.4) is 0 Å². The quantitative estimate of drug-likeness (QED) is 0.723. The maximum Gasteiger partial charge on any atom is 0.222 e. The summed E-state index contributed by atoms with van der Waals surface area (Å²) in [5.74, 6) is 0.731. The van der Waals surface area contributed by atoms with Crippen molar-refractivity contribution >= 4 is 11.9 Å². The number of nitrogens with zero attached hydrogens (tertiary/aromatic N) is 2. The first-order chi connectivity index (χ1) is 13.0. The summed E-state index contributed by atoms with van der Waals surface area (Å²) in [6.45, 7) is 4.43. The zero-order valence-corrected chi connectivity index (χ0v) is 15.7. The molecule has 3 rings (SSSR count). The van der Waals surface area contributed by atoms with E-state index in [0.717, 1.165) is 24.1 Å². The molecule has 2 aromatic rings. The van der Waals surface area contributed by atoms with Gasteiger partial charge >= 0.3 is 0 Å². The molecule has 0 bridgehead atoms. The van der Waals surface area contributed by atoms with Crippen LogP contribution in [0, 0.1) is 0 Å². The maximum absolute atomic E-state index is 11.6. The molecule has 1 saturated heterocycles. The van der Waals surface area contributed by atoms with Crippen molar-refractivity contribution in [3.63, 3.8) is 0 Å². The fourth-order valence-corrected chi connectivity index (χ4v) is 3.31. The molecule has 144 valence electrons.